The van der Waals surface area contributed by atoms with Crippen LogP contribution in [-0.2, 0) is 6.54 Å². The molecule has 1 aliphatic heterocycles. The minimum absolute atomic E-state index is 0.664. The van der Waals surface area contributed by atoms with E-state index in [0.717, 1.165) is 37.7 Å². The van der Waals surface area contributed by atoms with Gasteiger partial charge >= 0.3 is 0 Å². The number of methoxy groups -OCH3 is 2. The number of rotatable bonds is 6. The Kier molecular flexibility index (Phi) is 5.68. The van der Waals surface area contributed by atoms with Crippen LogP contribution in [0, 0.1) is 0 Å². The molecule has 0 unspecified atom stereocenters. The highest BCUT2D eigenvalue weighted by Gasteiger charge is 2.21. The summed E-state index contributed by atoms with van der Waals surface area (Å²) in [6.45, 7) is 6.45. The molecule has 0 saturated carbocycles. The quantitative estimate of drug-likeness (QED) is 0.865. The molecule has 112 valence electrons. The maximum atomic E-state index is 5.48. The van der Waals surface area contributed by atoms with Crippen molar-refractivity contribution in [2.45, 2.75) is 32.4 Å². The van der Waals surface area contributed by atoms with E-state index in [0.29, 0.717) is 6.04 Å². The monoisotopic (exact) mass is 278 g/mol. The van der Waals surface area contributed by atoms with Crippen molar-refractivity contribution in [1.29, 1.82) is 0 Å². The first-order valence-corrected chi connectivity index (χ1v) is 7.44. The van der Waals surface area contributed by atoms with Gasteiger partial charge in [-0.1, -0.05) is 6.92 Å². The van der Waals surface area contributed by atoms with Crippen molar-refractivity contribution in [1.82, 2.24) is 10.2 Å². The van der Waals surface area contributed by atoms with Crippen LogP contribution < -0.4 is 14.8 Å². The lowest BCUT2D eigenvalue weighted by molar-refractivity contribution is 0.160. The van der Waals surface area contributed by atoms with Gasteiger partial charge in [0.1, 0.15) is 11.5 Å². The average molecular weight is 278 g/mol. The molecule has 2 rings (SSSR count). The zero-order valence-electron chi connectivity index (χ0n) is 12.8. The van der Waals surface area contributed by atoms with Gasteiger partial charge in [-0.05, 0) is 50.7 Å². The molecular weight excluding hydrogens is 252 g/mol. The fourth-order valence-electron chi connectivity index (χ4n) is 2.90. The van der Waals surface area contributed by atoms with E-state index in [1.807, 2.05) is 12.1 Å². The predicted octanol–water partition coefficient (Wildman–Crippen LogP) is 2.28. The van der Waals surface area contributed by atoms with Crippen molar-refractivity contribution in [2.75, 3.05) is 33.9 Å². The Labute approximate surface area is 122 Å². The summed E-state index contributed by atoms with van der Waals surface area (Å²) in [5.41, 5.74) is 1.20. The first-order chi connectivity index (χ1) is 9.78. The summed E-state index contributed by atoms with van der Waals surface area (Å²) in [5.74, 6) is 1.83. The second-order valence-electron chi connectivity index (χ2n) is 5.22. The van der Waals surface area contributed by atoms with Crippen LogP contribution in [0.15, 0.2) is 18.2 Å². The summed E-state index contributed by atoms with van der Waals surface area (Å²) < 4.78 is 10.8. The molecule has 1 fully saturated rings. The zero-order valence-corrected chi connectivity index (χ0v) is 12.8. The van der Waals surface area contributed by atoms with Gasteiger partial charge in [0.15, 0.2) is 0 Å². The van der Waals surface area contributed by atoms with Crippen LogP contribution in [0.1, 0.15) is 25.3 Å². The van der Waals surface area contributed by atoms with Gasteiger partial charge in [0, 0.05) is 18.2 Å². The highest BCUT2D eigenvalue weighted by Crippen LogP contribution is 2.26. The average Bonchev–Trinajstić information content (AvgIpc) is 2.53. The van der Waals surface area contributed by atoms with E-state index >= 15 is 0 Å². The maximum absolute atomic E-state index is 5.48. The van der Waals surface area contributed by atoms with Gasteiger partial charge in [0.2, 0.25) is 0 Å². The molecule has 1 aliphatic rings. The summed E-state index contributed by atoms with van der Waals surface area (Å²) >= 11 is 0. The van der Waals surface area contributed by atoms with E-state index in [1.54, 1.807) is 14.2 Å². The first-order valence-electron chi connectivity index (χ1n) is 7.44. The molecule has 0 bridgehead atoms. The number of hydrogen-bond acceptors (Lipinski definition) is 4. The summed E-state index contributed by atoms with van der Waals surface area (Å²) in [4.78, 5) is 2.54. The Morgan fingerprint density at radius 3 is 2.55 bits per heavy atom. The Hall–Kier alpha value is -1.26. The van der Waals surface area contributed by atoms with E-state index in [1.165, 1.54) is 18.4 Å². The summed E-state index contributed by atoms with van der Waals surface area (Å²) in [7, 11) is 3.43. The number of benzene rings is 1. The van der Waals surface area contributed by atoms with Crippen molar-refractivity contribution in [3.8, 4) is 11.5 Å². The molecule has 1 N–H and O–H groups in total. The van der Waals surface area contributed by atoms with E-state index in [4.69, 9.17) is 9.47 Å². The van der Waals surface area contributed by atoms with E-state index < -0.39 is 0 Å². The van der Waals surface area contributed by atoms with Gasteiger partial charge in [-0.25, -0.2) is 0 Å². The first kappa shape index (κ1) is 15.1. The molecule has 1 heterocycles. The van der Waals surface area contributed by atoms with Crippen LogP contribution in [0.25, 0.3) is 0 Å². The molecule has 4 heteroatoms. The lowest BCUT2D eigenvalue weighted by atomic mass is 10.0. The van der Waals surface area contributed by atoms with E-state index in [9.17, 15) is 0 Å². The zero-order chi connectivity index (χ0) is 14.4. The van der Waals surface area contributed by atoms with Gasteiger partial charge in [-0.3, -0.25) is 4.90 Å². The smallest absolute Gasteiger partial charge is 0.123 e. The molecule has 0 spiro atoms. The Morgan fingerprint density at radius 2 is 1.95 bits per heavy atom. The summed E-state index contributed by atoms with van der Waals surface area (Å²) in [6, 6.07) is 6.69. The van der Waals surface area contributed by atoms with Crippen molar-refractivity contribution in [3.05, 3.63) is 23.8 Å². The standard InChI is InChI=1S/C16H26N2O2/c1-4-18(14-7-9-17-10-8-14)12-13-11-15(19-2)5-6-16(13)20-3/h5-6,11,14,17H,4,7-10,12H2,1-3H3. The number of piperidine rings is 1. The van der Waals surface area contributed by atoms with Crippen LogP contribution >= 0.6 is 0 Å². The van der Waals surface area contributed by atoms with Crippen LogP contribution in [0.5, 0.6) is 11.5 Å². The van der Waals surface area contributed by atoms with Gasteiger partial charge in [-0.15, -0.1) is 0 Å². The third-order valence-corrected chi connectivity index (χ3v) is 4.09. The lowest BCUT2D eigenvalue weighted by Gasteiger charge is -2.34. The van der Waals surface area contributed by atoms with Crippen molar-refractivity contribution >= 4 is 0 Å². The van der Waals surface area contributed by atoms with Gasteiger partial charge < -0.3 is 14.8 Å². The number of nitrogens with zero attached hydrogens (tertiary/aromatic N) is 1. The molecule has 0 radical (unpaired) electrons. The molecule has 1 saturated heterocycles. The highest BCUT2D eigenvalue weighted by atomic mass is 16.5. The Balaban J connectivity index is 2.12. The lowest BCUT2D eigenvalue weighted by Crippen LogP contribution is -2.42. The molecule has 20 heavy (non-hydrogen) atoms. The van der Waals surface area contributed by atoms with Crippen LogP contribution in [0.2, 0.25) is 0 Å². The normalized spacial score (nSPS) is 16.4. The minimum atomic E-state index is 0.664. The third kappa shape index (κ3) is 3.64. The second kappa shape index (κ2) is 7.50. The van der Waals surface area contributed by atoms with Crippen molar-refractivity contribution in [3.63, 3.8) is 0 Å². The second-order valence-corrected chi connectivity index (χ2v) is 5.22. The number of hydrogen-bond donors (Lipinski definition) is 1. The molecule has 0 amide bonds. The van der Waals surface area contributed by atoms with E-state index in [2.05, 4.69) is 23.2 Å². The molecule has 0 atom stereocenters. The van der Waals surface area contributed by atoms with Gasteiger partial charge in [0.05, 0.1) is 14.2 Å². The molecule has 4 nitrogen and oxygen atoms in total. The minimum Gasteiger partial charge on any atom is -0.497 e. The fraction of sp³-hybridized carbons (Fsp3) is 0.625. The highest BCUT2D eigenvalue weighted by molar-refractivity contribution is 5.40. The van der Waals surface area contributed by atoms with Crippen LogP contribution in [0.4, 0.5) is 0 Å². The maximum Gasteiger partial charge on any atom is 0.123 e. The van der Waals surface area contributed by atoms with Gasteiger partial charge in [-0.2, -0.15) is 0 Å². The van der Waals surface area contributed by atoms with Crippen molar-refractivity contribution in [2.24, 2.45) is 0 Å². The van der Waals surface area contributed by atoms with E-state index in [-0.39, 0.29) is 0 Å². The fourth-order valence-corrected chi connectivity index (χ4v) is 2.90. The summed E-state index contributed by atoms with van der Waals surface area (Å²) in [5, 5.41) is 3.43. The molecular formula is C16H26N2O2. The number of nitrogens with one attached hydrogen (secondary N) is 1. The predicted molar refractivity (Wildman–Crippen MR) is 81.5 cm³/mol. The number of ether oxygens (including phenoxy) is 2. The third-order valence-electron chi connectivity index (χ3n) is 4.09. The van der Waals surface area contributed by atoms with Crippen LogP contribution in [0.3, 0.4) is 0 Å². The van der Waals surface area contributed by atoms with Gasteiger partial charge in [0.25, 0.3) is 0 Å². The molecule has 1 aromatic rings. The molecule has 0 aromatic heterocycles. The molecule has 1 aromatic carbocycles. The topological polar surface area (TPSA) is 33.7 Å². The molecule has 0 aliphatic carbocycles. The summed E-state index contributed by atoms with van der Waals surface area (Å²) in [6.07, 6.45) is 2.44. The SMILES string of the molecule is CCN(Cc1cc(OC)ccc1OC)C1CCNCC1. The Bertz CT molecular complexity index is 417. The van der Waals surface area contributed by atoms with Crippen molar-refractivity contribution < 1.29 is 9.47 Å². The Morgan fingerprint density at radius 1 is 1.20 bits per heavy atom. The largest absolute Gasteiger partial charge is 0.497 e. The van der Waals surface area contributed by atoms with Crippen LogP contribution in [-0.4, -0.2) is 44.8 Å².